The summed E-state index contributed by atoms with van der Waals surface area (Å²) in [5.74, 6) is 1.13. The lowest BCUT2D eigenvalue weighted by atomic mass is 10.4. The van der Waals surface area contributed by atoms with Crippen LogP contribution < -0.4 is 5.73 Å². The molecule has 15 heavy (non-hydrogen) atoms. The highest BCUT2D eigenvalue weighted by Crippen LogP contribution is 2.19. The highest BCUT2D eigenvalue weighted by molar-refractivity contribution is 7.98. The number of hydrogen-bond donors (Lipinski definition) is 2. The Balaban J connectivity index is 2.01. The van der Waals surface area contributed by atoms with E-state index in [1.165, 1.54) is 11.8 Å². The molecule has 2 aromatic rings. The van der Waals surface area contributed by atoms with Gasteiger partial charge in [0.15, 0.2) is 0 Å². The SMILES string of the molecule is Cc1cc(CSc2n[nH]c(N)n2)n(C)n1. The third kappa shape index (κ3) is 2.30. The average Bonchev–Trinajstić information content (AvgIpc) is 2.70. The Morgan fingerprint density at radius 3 is 2.93 bits per heavy atom. The van der Waals surface area contributed by atoms with Crippen molar-refractivity contribution in [1.82, 2.24) is 25.0 Å². The molecular formula is C8H12N6S. The molecule has 0 bridgehead atoms. The second kappa shape index (κ2) is 3.93. The van der Waals surface area contributed by atoms with Crippen LogP contribution in [-0.4, -0.2) is 25.0 Å². The minimum atomic E-state index is 0.346. The van der Waals surface area contributed by atoms with Gasteiger partial charge in [-0.2, -0.15) is 10.1 Å². The maximum Gasteiger partial charge on any atom is 0.216 e. The molecule has 7 heteroatoms. The topological polar surface area (TPSA) is 85.4 Å². The second-order valence-corrected chi connectivity index (χ2v) is 4.14. The Labute approximate surface area is 91.3 Å². The zero-order chi connectivity index (χ0) is 10.8. The molecule has 0 aliphatic carbocycles. The van der Waals surface area contributed by atoms with E-state index in [1.54, 1.807) is 0 Å². The summed E-state index contributed by atoms with van der Waals surface area (Å²) in [5.41, 5.74) is 7.58. The van der Waals surface area contributed by atoms with Gasteiger partial charge in [-0.15, -0.1) is 5.10 Å². The van der Waals surface area contributed by atoms with E-state index in [4.69, 9.17) is 5.73 Å². The lowest BCUT2D eigenvalue weighted by Gasteiger charge is -1.97. The number of anilines is 1. The third-order valence-electron chi connectivity index (χ3n) is 1.93. The van der Waals surface area contributed by atoms with Crippen LogP contribution >= 0.6 is 11.8 Å². The molecule has 0 aromatic carbocycles. The van der Waals surface area contributed by atoms with E-state index in [1.807, 2.05) is 24.7 Å². The molecule has 2 rings (SSSR count). The minimum absolute atomic E-state index is 0.346. The number of nitrogens with one attached hydrogen (secondary N) is 1. The number of rotatable bonds is 3. The molecule has 2 aromatic heterocycles. The molecule has 0 unspecified atom stereocenters. The number of aromatic amines is 1. The normalized spacial score (nSPS) is 10.8. The molecule has 80 valence electrons. The van der Waals surface area contributed by atoms with Gasteiger partial charge in [0.2, 0.25) is 11.1 Å². The maximum atomic E-state index is 5.42. The van der Waals surface area contributed by atoms with Crippen molar-refractivity contribution in [2.24, 2.45) is 7.05 Å². The van der Waals surface area contributed by atoms with E-state index in [-0.39, 0.29) is 0 Å². The lowest BCUT2D eigenvalue weighted by molar-refractivity contribution is 0.727. The van der Waals surface area contributed by atoms with Crippen LogP contribution in [-0.2, 0) is 12.8 Å². The second-order valence-electron chi connectivity index (χ2n) is 3.19. The Morgan fingerprint density at radius 2 is 2.40 bits per heavy atom. The number of aromatic nitrogens is 5. The fourth-order valence-corrected chi connectivity index (χ4v) is 2.08. The Bertz CT molecular complexity index is 459. The summed E-state index contributed by atoms with van der Waals surface area (Å²) in [6, 6.07) is 2.04. The Hall–Kier alpha value is -1.50. The van der Waals surface area contributed by atoms with Crippen LogP contribution in [0.15, 0.2) is 11.2 Å². The summed E-state index contributed by atoms with van der Waals surface area (Å²) in [5, 5.41) is 11.5. The number of nitrogen functional groups attached to an aromatic ring is 1. The summed E-state index contributed by atoms with van der Waals surface area (Å²) in [6.07, 6.45) is 0. The predicted octanol–water partition coefficient (Wildman–Crippen LogP) is 0.721. The molecule has 0 saturated carbocycles. The quantitative estimate of drug-likeness (QED) is 0.750. The first kappa shape index (κ1) is 10.0. The van der Waals surface area contributed by atoms with E-state index in [9.17, 15) is 0 Å². The summed E-state index contributed by atoms with van der Waals surface area (Å²) in [6.45, 7) is 1.97. The third-order valence-corrected chi connectivity index (χ3v) is 2.81. The molecule has 3 N–H and O–H groups in total. The van der Waals surface area contributed by atoms with Gasteiger partial charge < -0.3 is 5.73 Å². The standard InChI is InChI=1S/C8H12N6S/c1-5-3-6(14(2)13-5)4-15-8-10-7(9)11-12-8/h3H,4H2,1-2H3,(H3,9,10,11,12). The van der Waals surface area contributed by atoms with Crippen molar-refractivity contribution in [3.63, 3.8) is 0 Å². The number of nitrogens with zero attached hydrogens (tertiary/aromatic N) is 4. The number of nitrogens with two attached hydrogens (primary N) is 1. The van der Waals surface area contributed by atoms with Gasteiger partial charge in [0.25, 0.3) is 0 Å². The molecule has 0 aliphatic heterocycles. The molecular weight excluding hydrogens is 212 g/mol. The molecule has 6 nitrogen and oxygen atoms in total. The van der Waals surface area contributed by atoms with Crippen LogP contribution in [0.1, 0.15) is 11.4 Å². The Kier molecular flexibility index (Phi) is 2.63. The van der Waals surface area contributed by atoms with Crippen molar-refractivity contribution in [2.45, 2.75) is 17.8 Å². The number of aryl methyl sites for hydroxylation is 2. The number of thioether (sulfide) groups is 1. The monoisotopic (exact) mass is 224 g/mol. The zero-order valence-electron chi connectivity index (χ0n) is 8.56. The average molecular weight is 224 g/mol. The molecule has 0 aliphatic rings. The molecule has 2 heterocycles. The largest absolute Gasteiger partial charge is 0.368 e. The Morgan fingerprint density at radius 1 is 1.60 bits per heavy atom. The first-order valence-corrected chi connectivity index (χ1v) is 5.44. The maximum absolute atomic E-state index is 5.42. The highest BCUT2D eigenvalue weighted by atomic mass is 32.2. The number of H-pyrrole nitrogens is 1. The molecule has 0 spiro atoms. The van der Waals surface area contributed by atoms with Gasteiger partial charge in [0.1, 0.15) is 0 Å². The van der Waals surface area contributed by atoms with Crippen LogP contribution in [0.25, 0.3) is 0 Å². The minimum Gasteiger partial charge on any atom is -0.368 e. The van der Waals surface area contributed by atoms with Gasteiger partial charge in [0, 0.05) is 18.5 Å². The molecule has 0 atom stereocenters. The van der Waals surface area contributed by atoms with Crippen molar-refractivity contribution in [1.29, 1.82) is 0 Å². The first-order valence-electron chi connectivity index (χ1n) is 4.45. The van der Waals surface area contributed by atoms with Gasteiger partial charge >= 0.3 is 0 Å². The first-order chi connectivity index (χ1) is 7.15. The molecule has 0 amide bonds. The van der Waals surface area contributed by atoms with Crippen LogP contribution in [0, 0.1) is 6.92 Å². The number of hydrogen-bond acceptors (Lipinski definition) is 5. The van der Waals surface area contributed by atoms with Crippen molar-refractivity contribution < 1.29 is 0 Å². The molecule has 0 fully saturated rings. The van der Waals surface area contributed by atoms with Gasteiger partial charge in [-0.3, -0.25) is 4.68 Å². The summed E-state index contributed by atoms with van der Waals surface area (Å²) in [4.78, 5) is 4.01. The van der Waals surface area contributed by atoms with Crippen molar-refractivity contribution in [2.75, 3.05) is 5.73 Å². The van der Waals surface area contributed by atoms with E-state index < -0.39 is 0 Å². The van der Waals surface area contributed by atoms with E-state index in [0.29, 0.717) is 11.1 Å². The van der Waals surface area contributed by atoms with Gasteiger partial charge in [-0.25, -0.2) is 5.10 Å². The van der Waals surface area contributed by atoms with Gasteiger partial charge in [0.05, 0.1) is 5.69 Å². The summed E-state index contributed by atoms with van der Waals surface area (Å²) in [7, 11) is 1.93. The molecule has 0 saturated heterocycles. The van der Waals surface area contributed by atoms with E-state index >= 15 is 0 Å². The van der Waals surface area contributed by atoms with Crippen molar-refractivity contribution in [3.05, 3.63) is 17.5 Å². The van der Waals surface area contributed by atoms with Crippen LogP contribution in [0.3, 0.4) is 0 Å². The fraction of sp³-hybridized carbons (Fsp3) is 0.375. The summed E-state index contributed by atoms with van der Waals surface area (Å²) < 4.78 is 1.86. The zero-order valence-corrected chi connectivity index (χ0v) is 9.38. The van der Waals surface area contributed by atoms with Crippen LogP contribution in [0.5, 0.6) is 0 Å². The fourth-order valence-electron chi connectivity index (χ4n) is 1.26. The molecule has 0 radical (unpaired) electrons. The van der Waals surface area contributed by atoms with Crippen LogP contribution in [0.2, 0.25) is 0 Å². The van der Waals surface area contributed by atoms with Gasteiger partial charge in [-0.05, 0) is 13.0 Å². The van der Waals surface area contributed by atoms with Crippen LogP contribution in [0.4, 0.5) is 5.95 Å². The van der Waals surface area contributed by atoms with Crippen molar-refractivity contribution in [3.8, 4) is 0 Å². The van der Waals surface area contributed by atoms with E-state index in [2.05, 4.69) is 20.3 Å². The lowest BCUT2D eigenvalue weighted by Crippen LogP contribution is -1.96. The highest BCUT2D eigenvalue weighted by Gasteiger charge is 2.05. The smallest absolute Gasteiger partial charge is 0.216 e. The van der Waals surface area contributed by atoms with Crippen molar-refractivity contribution >= 4 is 17.7 Å². The predicted molar refractivity (Wildman–Crippen MR) is 58.3 cm³/mol. The summed E-state index contributed by atoms with van der Waals surface area (Å²) >= 11 is 1.53. The van der Waals surface area contributed by atoms with E-state index in [0.717, 1.165) is 17.1 Å². The van der Waals surface area contributed by atoms with Gasteiger partial charge in [-0.1, -0.05) is 11.8 Å².